The van der Waals surface area contributed by atoms with Gasteiger partial charge in [-0.25, -0.2) is 4.39 Å². The minimum absolute atomic E-state index is 0.142. The van der Waals surface area contributed by atoms with Crippen molar-refractivity contribution in [1.29, 1.82) is 0 Å². The van der Waals surface area contributed by atoms with E-state index in [1.807, 2.05) is 42.5 Å². The highest BCUT2D eigenvalue weighted by Crippen LogP contribution is 2.43. The first-order valence-electron chi connectivity index (χ1n) is 12.2. The molecule has 4 nitrogen and oxygen atoms in total. The van der Waals surface area contributed by atoms with Crippen LogP contribution in [-0.2, 0) is 11.3 Å². The molecule has 1 amide bonds. The number of aromatic nitrogens is 1. The van der Waals surface area contributed by atoms with Crippen LogP contribution in [-0.4, -0.2) is 46.4 Å². The first-order chi connectivity index (χ1) is 16.1. The van der Waals surface area contributed by atoms with Gasteiger partial charge in [-0.2, -0.15) is 0 Å². The van der Waals surface area contributed by atoms with E-state index in [1.54, 1.807) is 12.3 Å². The van der Waals surface area contributed by atoms with Gasteiger partial charge in [0.15, 0.2) is 0 Å². The molecule has 3 fully saturated rings. The minimum atomic E-state index is -0.142. The van der Waals surface area contributed by atoms with Gasteiger partial charge in [-0.3, -0.25) is 14.7 Å². The highest BCUT2D eigenvalue weighted by atomic mass is 19.1. The number of hydrogen-bond donors (Lipinski definition) is 0. The lowest BCUT2D eigenvalue weighted by Crippen LogP contribution is -2.52. The molecule has 0 bridgehead atoms. The maximum atomic E-state index is 15.1. The van der Waals surface area contributed by atoms with Crippen LogP contribution in [0.4, 0.5) is 4.39 Å². The molecular weight excluding hydrogens is 413 g/mol. The Kier molecular flexibility index (Phi) is 5.17. The second kappa shape index (κ2) is 8.21. The molecule has 0 atom stereocenters. The van der Waals surface area contributed by atoms with Crippen molar-refractivity contribution in [3.8, 4) is 11.1 Å². The monoisotopic (exact) mass is 443 g/mol. The third kappa shape index (κ3) is 4.15. The van der Waals surface area contributed by atoms with Crippen molar-refractivity contribution in [3.05, 3.63) is 66.1 Å². The van der Waals surface area contributed by atoms with Gasteiger partial charge < -0.3 is 4.90 Å². The lowest BCUT2D eigenvalue weighted by atomic mass is 9.72. The first kappa shape index (κ1) is 20.8. The number of likely N-dealkylation sites (tertiary alicyclic amines) is 2. The molecule has 0 N–H and O–H groups in total. The van der Waals surface area contributed by atoms with E-state index in [2.05, 4.69) is 14.8 Å². The summed E-state index contributed by atoms with van der Waals surface area (Å²) in [5.74, 6) is 0.215. The lowest BCUT2D eigenvalue weighted by Gasteiger charge is -2.47. The van der Waals surface area contributed by atoms with E-state index < -0.39 is 0 Å². The predicted octanol–water partition coefficient (Wildman–Crippen LogP) is 5.41. The van der Waals surface area contributed by atoms with Gasteiger partial charge in [0.25, 0.3) is 0 Å². The number of carbonyl (C=O) groups is 1. The fraction of sp³-hybridized carbons (Fsp3) is 0.429. The van der Waals surface area contributed by atoms with Crippen LogP contribution in [0.5, 0.6) is 0 Å². The third-order valence-corrected chi connectivity index (χ3v) is 7.99. The fourth-order valence-corrected chi connectivity index (χ4v) is 5.70. The highest BCUT2D eigenvalue weighted by molar-refractivity contribution is 5.84. The second-order valence-electron chi connectivity index (χ2n) is 10.2. The van der Waals surface area contributed by atoms with Gasteiger partial charge in [-0.05, 0) is 79.9 Å². The Labute approximate surface area is 194 Å². The SMILES string of the molecule is O=C1CCC2(CCN(Cc3ccc(-c4ccc5cccnc5c4)cc3F)CC2)CN1C1CC1. The zero-order chi connectivity index (χ0) is 22.4. The van der Waals surface area contributed by atoms with E-state index in [4.69, 9.17) is 0 Å². The number of halogens is 1. The largest absolute Gasteiger partial charge is 0.339 e. The second-order valence-corrected chi connectivity index (χ2v) is 10.2. The molecule has 5 heteroatoms. The number of hydrogen-bond acceptors (Lipinski definition) is 3. The van der Waals surface area contributed by atoms with E-state index in [1.165, 1.54) is 12.8 Å². The summed E-state index contributed by atoms with van der Waals surface area (Å²) in [4.78, 5) is 21.3. The molecule has 1 spiro atoms. The zero-order valence-electron chi connectivity index (χ0n) is 19.0. The summed E-state index contributed by atoms with van der Waals surface area (Å²) >= 11 is 0. The molecule has 0 unspecified atom stereocenters. The van der Waals surface area contributed by atoms with Crippen LogP contribution in [0.2, 0.25) is 0 Å². The van der Waals surface area contributed by atoms with Gasteiger partial charge in [0.1, 0.15) is 5.82 Å². The van der Waals surface area contributed by atoms with Crippen LogP contribution in [0, 0.1) is 11.2 Å². The number of carbonyl (C=O) groups excluding carboxylic acids is 1. The Hall–Kier alpha value is -2.79. The van der Waals surface area contributed by atoms with Crippen LogP contribution >= 0.6 is 0 Å². The Morgan fingerprint density at radius 1 is 1.00 bits per heavy atom. The van der Waals surface area contributed by atoms with Gasteiger partial charge >= 0.3 is 0 Å². The Morgan fingerprint density at radius 2 is 1.79 bits per heavy atom. The van der Waals surface area contributed by atoms with Crippen LogP contribution in [0.3, 0.4) is 0 Å². The topological polar surface area (TPSA) is 36.4 Å². The lowest BCUT2D eigenvalue weighted by molar-refractivity contribution is -0.139. The summed E-state index contributed by atoms with van der Waals surface area (Å²) in [5, 5.41) is 1.09. The maximum absolute atomic E-state index is 15.1. The number of fused-ring (bicyclic) bond motifs is 1. The van der Waals surface area contributed by atoms with Crippen molar-refractivity contribution in [2.75, 3.05) is 19.6 Å². The number of pyridine rings is 1. The average Bonchev–Trinajstić information content (AvgIpc) is 3.69. The molecule has 2 saturated heterocycles. The van der Waals surface area contributed by atoms with Crippen LogP contribution < -0.4 is 0 Å². The molecule has 1 aromatic heterocycles. The van der Waals surface area contributed by atoms with Crippen molar-refractivity contribution >= 4 is 16.8 Å². The van der Waals surface area contributed by atoms with E-state index in [-0.39, 0.29) is 11.2 Å². The molecule has 2 aliphatic heterocycles. The molecule has 170 valence electrons. The molecule has 6 rings (SSSR count). The van der Waals surface area contributed by atoms with Crippen molar-refractivity contribution < 1.29 is 9.18 Å². The van der Waals surface area contributed by atoms with E-state index >= 15 is 4.39 Å². The van der Waals surface area contributed by atoms with Gasteiger partial charge in [0.05, 0.1) is 5.52 Å². The average molecular weight is 444 g/mol. The summed E-state index contributed by atoms with van der Waals surface area (Å²) in [7, 11) is 0. The zero-order valence-corrected chi connectivity index (χ0v) is 19.0. The molecule has 3 aromatic rings. The normalized spacial score (nSPS) is 21.1. The summed E-state index contributed by atoms with van der Waals surface area (Å²) in [6.45, 7) is 3.54. The molecule has 33 heavy (non-hydrogen) atoms. The van der Waals surface area contributed by atoms with Crippen LogP contribution in [0.15, 0.2) is 54.7 Å². The van der Waals surface area contributed by atoms with Crippen molar-refractivity contribution in [2.24, 2.45) is 5.41 Å². The highest BCUT2D eigenvalue weighted by Gasteiger charge is 2.45. The summed E-state index contributed by atoms with van der Waals surface area (Å²) in [5.41, 5.74) is 3.82. The molecule has 1 saturated carbocycles. The van der Waals surface area contributed by atoms with Gasteiger partial charge in [-0.1, -0.05) is 30.3 Å². The van der Waals surface area contributed by atoms with E-state index in [0.29, 0.717) is 24.9 Å². The number of piperidine rings is 2. The Morgan fingerprint density at radius 3 is 2.58 bits per heavy atom. The molecular formula is C28H30FN3O. The van der Waals surface area contributed by atoms with Gasteiger partial charge in [-0.15, -0.1) is 0 Å². The smallest absolute Gasteiger partial charge is 0.222 e. The quantitative estimate of drug-likeness (QED) is 0.541. The molecule has 2 aromatic carbocycles. The minimum Gasteiger partial charge on any atom is -0.339 e. The predicted molar refractivity (Wildman–Crippen MR) is 128 cm³/mol. The third-order valence-electron chi connectivity index (χ3n) is 7.99. The van der Waals surface area contributed by atoms with Crippen molar-refractivity contribution in [2.45, 2.75) is 51.1 Å². The number of rotatable bonds is 4. The summed E-state index contributed by atoms with van der Waals surface area (Å²) in [6, 6.07) is 16.2. The Bertz CT molecular complexity index is 1200. The summed E-state index contributed by atoms with van der Waals surface area (Å²) < 4.78 is 15.1. The standard InChI is InChI=1S/C28H30FN3O/c29-25-16-21(22-4-3-20-2-1-13-30-26(20)17-22)5-6-23(25)18-31-14-11-28(12-15-31)10-9-27(33)32(19-28)24-7-8-24/h1-6,13,16-17,24H,7-12,14-15,18-19H2. The molecule has 1 aliphatic carbocycles. The number of amides is 1. The number of benzene rings is 2. The first-order valence-corrected chi connectivity index (χ1v) is 12.2. The van der Waals surface area contributed by atoms with Crippen LogP contribution in [0.1, 0.15) is 44.1 Å². The van der Waals surface area contributed by atoms with Crippen LogP contribution in [0.25, 0.3) is 22.0 Å². The molecule has 3 heterocycles. The molecule has 3 aliphatic rings. The fourth-order valence-electron chi connectivity index (χ4n) is 5.70. The van der Waals surface area contributed by atoms with Gasteiger partial charge in [0.2, 0.25) is 5.91 Å². The van der Waals surface area contributed by atoms with Crippen molar-refractivity contribution in [3.63, 3.8) is 0 Å². The van der Waals surface area contributed by atoms with Crippen molar-refractivity contribution in [1.82, 2.24) is 14.8 Å². The maximum Gasteiger partial charge on any atom is 0.222 e. The Balaban J connectivity index is 1.12. The van der Waals surface area contributed by atoms with E-state index in [0.717, 1.165) is 66.5 Å². The molecule has 0 radical (unpaired) electrons. The van der Waals surface area contributed by atoms with Gasteiger partial charge in [0, 0.05) is 42.7 Å². The van der Waals surface area contributed by atoms with E-state index in [9.17, 15) is 4.79 Å². The number of nitrogens with zero attached hydrogens (tertiary/aromatic N) is 3. The summed E-state index contributed by atoms with van der Waals surface area (Å²) in [6.07, 6.45) is 8.08.